The van der Waals surface area contributed by atoms with Gasteiger partial charge in [0.05, 0.1) is 0 Å². The van der Waals surface area contributed by atoms with Crippen molar-refractivity contribution >= 4 is 34.9 Å². The van der Waals surface area contributed by atoms with E-state index in [-0.39, 0.29) is 17.6 Å². The van der Waals surface area contributed by atoms with Crippen molar-refractivity contribution in [1.29, 1.82) is 0 Å². The third-order valence-electron chi connectivity index (χ3n) is 6.00. The highest BCUT2D eigenvalue weighted by Gasteiger charge is 2.35. The Morgan fingerprint density at radius 1 is 0.892 bits per heavy atom. The smallest absolute Gasteiger partial charge is 0.271 e. The number of aromatic nitrogens is 1. The lowest BCUT2D eigenvalue weighted by atomic mass is 10.0. The molecular weight excluding hydrogens is 492 g/mol. The second-order valence-electron chi connectivity index (χ2n) is 9.12. The quantitative estimate of drug-likeness (QED) is 0.366. The van der Waals surface area contributed by atoms with Crippen LogP contribution in [0.25, 0.3) is 0 Å². The molecule has 3 aromatic rings. The van der Waals surface area contributed by atoms with Gasteiger partial charge in [-0.25, -0.2) is 5.43 Å². The number of nitrogens with zero attached hydrogens (tertiary/aromatic N) is 3. The number of hydrazone groups is 1. The molecule has 9 heteroatoms. The molecule has 8 nitrogen and oxygen atoms in total. The van der Waals surface area contributed by atoms with Crippen molar-refractivity contribution in [2.75, 3.05) is 13.1 Å². The Morgan fingerprint density at radius 2 is 1.46 bits per heavy atom. The van der Waals surface area contributed by atoms with E-state index in [2.05, 4.69) is 15.5 Å². The summed E-state index contributed by atoms with van der Waals surface area (Å²) in [6, 6.07) is 16.7. The van der Waals surface area contributed by atoms with Crippen molar-refractivity contribution in [2.24, 2.45) is 5.10 Å². The lowest BCUT2D eigenvalue weighted by Crippen LogP contribution is -2.51. The van der Waals surface area contributed by atoms with E-state index in [1.54, 1.807) is 91.8 Å². The molecule has 1 aliphatic heterocycles. The minimum atomic E-state index is -1.11. The Balaban J connectivity index is 1.31. The summed E-state index contributed by atoms with van der Waals surface area (Å²) in [7, 11) is 0. The van der Waals surface area contributed by atoms with Crippen LogP contribution >= 0.6 is 11.6 Å². The molecule has 1 aromatic heterocycles. The standard InChI is InChI=1S/C28H27ClN4O4/c1-28(2,37-24-9-5-20(6-10-24)25(34)19-3-7-22(29)8-4-19)27(36)33-17-13-23(14-18-33)31-32-26(35)21-11-15-30-16-12-21/h3-12,15-16H,13-14,17-18H2,1-2H3,(H,32,35). The number of amides is 2. The third kappa shape index (κ3) is 6.59. The van der Waals surface area contributed by atoms with Crippen molar-refractivity contribution in [3.8, 4) is 5.75 Å². The summed E-state index contributed by atoms with van der Waals surface area (Å²) >= 11 is 5.90. The highest BCUT2D eigenvalue weighted by molar-refractivity contribution is 6.30. The van der Waals surface area contributed by atoms with Gasteiger partial charge in [-0.1, -0.05) is 11.6 Å². The molecule has 1 N–H and O–H groups in total. The van der Waals surface area contributed by atoms with E-state index in [9.17, 15) is 14.4 Å². The predicted molar refractivity (Wildman–Crippen MR) is 141 cm³/mol. The first-order valence-electron chi connectivity index (χ1n) is 11.9. The largest absolute Gasteiger partial charge is 0.478 e. The molecule has 2 amide bonds. The summed E-state index contributed by atoms with van der Waals surface area (Å²) in [4.78, 5) is 43.6. The summed E-state index contributed by atoms with van der Waals surface area (Å²) in [5.74, 6) is -0.0806. The molecule has 190 valence electrons. The average molecular weight is 519 g/mol. The average Bonchev–Trinajstić information content (AvgIpc) is 2.92. The van der Waals surface area contributed by atoms with E-state index in [1.807, 2.05) is 0 Å². The van der Waals surface area contributed by atoms with Crippen molar-refractivity contribution in [2.45, 2.75) is 32.3 Å². The highest BCUT2D eigenvalue weighted by Crippen LogP contribution is 2.23. The molecule has 0 radical (unpaired) electrons. The second kappa shape index (κ2) is 11.3. The summed E-state index contributed by atoms with van der Waals surface area (Å²) in [6.07, 6.45) is 4.20. The molecule has 0 aliphatic carbocycles. The maximum absolute atomic E-state index is 13.2. The van der Waals surface area contributed by atoms with Crippen LogP contribution in [-0.4, -0.2) is 51.9 Å². The van der Waals surface area contributed by atoms with Crippen LogP contribution in [0.1, 0.15) is 53.0 Å². The first-order valence-corrected chi connectivity index (χ1v) is 12.3. The van der Waals surface area contributed by atoms with Gasteiger partial charge in [-0.3, -0.25) is 19.4 Å². The molecule has 0 saturated carbocycles. The molecule has 1 fully saturated rings. The summed E-state index contributed by atoms with van der Waals surface area (Å²) in [6.45, 7) is 4.40. The van der Waals surface area contributed by atoms with Gasteiger partial charge in [-0.15, -0.1) is 0 Å². The topological polar surface area (TPSA) is 101 Å². The third-order valence-corrected chi connectivity index (χ3v) is 6.25. The van der Waals surface area contributed by atoms with Crippen LogP contribution in [0.3, 0.4) is 0 Å². The number of benzene rings is 2. The number of rotatable bonds is 7. The normalized spacial score (nSPS) is 13.6. The van der Waals surface area contributed by atoms with Gasteiger partial charge in [0.25, 0.3) is 11.8 Å². The predicted octanol–water partition coefficient (Wildman–Crippen LogP) is 4.53. The number of ketones is 1. The zero-order valence-electron chi connectivity index (χ0n) is 20.6. The summed E-state index contributed by atoms with van der Waals surface area (Å²) in [5.41, 5.74) is 3.82. The van der Waals surface area contributed by atoms with E-state index in [1.165, 1.54) is 0 Å². The fourth-order valence-corrected chi connectivity index (χ4v) is 4.06. The lowest BCUT2D eigenvalue weighted by Gasteiger charge is -2.34. The van der Waals surface area contributed by atoms with Gasteiger partial charge in [-0.2, -0.15) is 5.10 Å². The molecule has 0 unspecified atom stereocenters. The number of ether oxygens (including phenoxy) is 1. The van der Waals surface area contributed by atoms with Gasteiger partial charge >= 0.3 is 0 Å². The SMILES string of the molecule is CC(C)(Oc1ccc(C(=O)c2ccc(Cl)cc2)cc1)C(=O)N1CCC(=NNC(=O)c2ccncc2)CC1. The van der Waals surface area contributed by atoms with E-state index >= 15 is 0 Å². The van der Waals surface area contributed by atoms with Crippen molar-refractivity contribution in [3.05, 3.63) is 94.8 Å². The minimum Gasteiger partial charge on any atom is -0.478 e. The van der Waals surface area contributed by atoms with Crippen LogP contribution in [0, 0.1) is 0 Å². The number of halogens is 1. The van der Waals surface area contributed by atoms with Crippen LogP contribution in [0.4, 0.5) is 0 Å². The van der Waals surface area contributed by atoms with Gasteiger partial charge in [0, 0.05) is 65.7 Å². The Morgan fingerprint density at radius 3 is 2.05 bits per heavy atom. The zero-order chi connectivity index (χ0) is 26.4. The molecule has 2 aromatic carbocycles. The molecule has 4 rings (SSSR count). The van der Waals surface area contributed by atoms with Gasteiger partial charge in [0.1, 0.15) is 5.75 Å². The Hall–Kier alpha value is -4.04. The maximum atomic E-state index is 13.2. The fraction of sp³-hybridized carbons (Fsp3) is 0.250. The number of hydrogen-bond acceptors (Lipinski definition) is 6. The Kier molecular flexibility index (Phi) is 7.98. The highest BCUT2D eigenvalue weighted by atomic mass is 35.5. The molecule has 0 atom stereocenters. The molecule has 37 heavy (non-hydrogen) atoms. The molecule has 1 aliphatic rings. The maximum Gasteiger partial charge on any atom is 0.271 e. The molecule has 0 bridgehead atoms. The molecule has 1 saturated heterocycles. The van der Waals surface area contributed by atoms with E-state index < -0.39 is 5.60 Å². The van der Waals surface area contributed by atoms with Gasteiger partial charge in [0.2, 0.25) is 0 Å². The van der Waals surface area contributed by atoms with Gasteiger partial charge in [-0.05, 0) is 74.5 Å². The molecular formula is C28H27ClN4O4. The summed E-state index contributed by atoms with van der Waals surface area (Å²) < 4.78 is 6.02. The van der Waals surface area contributed by atoms with E-state index in [0.29, 0.717) is 53.4 Å². The summed E-state index contributed by atoms with van der Waals surface area (Å²) in [5, 5.41) is 4.79. The number of piperidine rings is 1. The van der Waals surface area contributed by atoms with Crippen LogP contribution in [0.2, 0.25) is 5.02 Å². The first-order chi connectivity index (χ1) is 17.7. The monoisotopic (exact) mass is 518 g/mol. The van der Waals surface area contributed by atoms with Crippen LogP contribution in [0.5, 0.6) is 5.75 Å². The number of likely N-dealkylation sites (tertiary alicyclic amines) is 1. The number of carbonyl (C=O) groups is 3. The van der Waals surface area contributed by atoms with Gasteiger partial charge < -0.3 is 9.64 Å². The second-order valence-corrected chi connectivity index (χ2v) is 9.56. The Labute approximate surface area is 220 Å². The van der Waals surface area contributed by atoms with E-state index in [0.717, 1.165) is 5.71 Å². The lowest BCUT2D eigenvalue weighted by molar-refractivity contribution is -0.145. The Bertz CT molecular complexity index is 1300. The number of hydrogen-bond donors (Lipinski definition) is 1. The fourth-order valence-electron chi connectivity index (χ4n) is 3.94. The number of carbonyl (C=O) groups excluding carboxylic acids is 3. The van der Waals surface area contributed by atoms with Crippen molar-refractivity contribution < 1.29 is 19.1 Å². The number of nitrogens with one attached hydrogen (secondary N) is 1. The van der Waals surface area contributed by atoms with Gasteiger partial charge in [0.15, 0.2) is 11.4 Å². The first kappa shape index (κ1) is 26.0. The van der Waals surface area contributed by atoms with Crippen molar-refractivity contribution in [1.82, 2.24) is 15.3 Å². The molecule has 0 spiro atoms. The van der Waals surface area contributed by atoms with Crippen LogP contribution in [-0.2, 0) is 4.79 Å². The van der Waals surface area contributed by atoms with Crippen LogP contribution in [0.15, 0.2) is 78.2 Å². The zero-order valence-corrected chi connectivity index (χ0v) is 21.4. The minimum absolute atomic E-state index is 0.124. The van der Waals surface area contributed by atoms with Crippen molar-refractivity contribution in [3.63, 3.8) is 0 Å². The van der Waals surface area contributed by atoms with E-state index in [4.69, 9.17) is 16.3 Å². The molecule has 2 heterocycles. The van der Waals surface area contributed by atoms with Crippen LogP contribution < -0.4 is 10.2 Å². The number of pyridine rings is 1.